The fraction of sp³-hybridized carbons (Fsp3) is 0.812. The number of likely N-dealkylation sites (tertiary alicyclic amines) is 1. The van der Waals surface area contributed by atoms with Crippen LogP contribution in [0.25, 0.3) is 0 Å². The number of piperidine rings is 1. The van der Waals surface area contributed by atoms with E-state index in [0.717, 1.165) is 50.9 Å². The van der Waals surface area contributed by atoms with Crippen LogP contribution in [0.2, 0.25) is 0 Å². The number of rotatable bonds is 7. The average molecular weight is 449 g/mol. The van der Waals surface area contributed by atoms with Gasteiger partial charge >= 0.3 is 0 Å². The predicted octanol–water partition coefficient (Wildman–Crippen LogP) is 1.36. The molecule has 1 unspecified atom stereocenters. The number of aliphatic imine (C=N–C) groups is 1. The van der Waals surface area contributed by atoms with Crippen molar-refractivity contribution in [3.05, 3.63) is 12.2 Å². The smallest absolute Gasteiger partial charge is 0.191 e. The Morgan fingerprint density at radius 2 is 2.21 bits per heavy atom. The molecule has 1 aromatic rings. The summed E-state index contributed by atoms with van der Waals surface area (Å²) in [6.07, 6.45) is 5.27. The first-order chi connectivity index (χ1) is 11.2. The van der Waals surface area contributed by atoms with Crippen molar-refractivity contribution in [2.24, 2.45) is 10.9 Å². The van der Waals surface area contributed by atoms with Crippen molar-refractivity contribution in [1.29, 1.82) is 0 Å². The average Bonchev–Trinajstić information content (AvgIpc) is 3.00. The molecule has 1 saturated heterocycles. The molecule has 1 aliphatic rings. The minimum atomic E-state index is 0. The number of aromatic nitrogens is 3. The van der Waals surface area contributed by atoms with Crippen LogP contribution in [-0.4, -0.2) is 65.4 Å². The molecule has 2 rings (SSSR count). The van der Waals surface area contributed by atoms with Crippen LogP contribution in [0, 0.1) is 5.92 Å². The van der Waals surface area contributed by atoms with Crippen LogP contribution in [0.5, 0.6) is 0 Å². The van der Waals surface area contributed by atoms with Gasteiger partial charge in [-0.25, -0.2) is 0 Å². The summed E-state index contributed by atoms with van der Waals surface area (Å²) in [7, 11) is 2.20. The number of nitrogens with zero attached hydrogens (tertiary/aromatic N) is 5. The summed E-state index contributed by atoms with van der Waals surface area (Å²) in [5.41, 5.74) is 0. The zero-order valence-corrected chi connectivity index (χ0v) is 17.5. The maximum atomic E-state index is 4.76. The molecule has 1 aliphatic heterocycles. The Morgan fingerprint density at radius 3 is 2.92 bits per heavy atom. The second-order valence-corrected chi connectivity index (χ2v) is 6.21. The van der Waals surface area contributed by atoms with Crippen LogP contribution in [0.15, 0.2) is 11.3 Å². The van der Waals surface area contributed by atoms with Gasteiger partial charge in [-0.3, -0.25) is 4.99 Å². The van der Waals surface area contributed by atoms with Gasteiger partial charge in [-0.2, -0.15) is 0 Å². The predicted molar refractivity (Wildman–Crippen MR) is 109 cm³/mol. The lowest BCUT2D eigenvalue weighted by molar-refractivity contribution is 0.214. The Labute approximate surface area is 162 Å². The summed E-state index contributed by atoms with van der Waals surface area (Å²) in [5.74, 6) is 2.61. The topological polar surface area (TPSA) is 70.4 Å². The Morgan fingerprint density at radius 1 is 1.38 bits per heavy atom. The highest BCUT2D eigenvalue weighted by Crippen LogP contribution is 2.14. The molecule has 1 atom stereocenters. The van der Waals surface area contributed by atoms with Gasteiger partial charge in [-0.05, 0) is 39.3 Å². The molecule has 2 heterocycles. The van der Waals surface area contributed by atoms with Crippen molar-refractivity contribution in [3.8, 4) is 0 Å². The van der Waals surface area contributed by atoms with E-state index in [4.69, 9.17) is 4.99 Å². The third-order valence-electron chi connectivity index (χ3n) is 4.23. The zero-order valence-electron chi connectivity index (χ0n) is 15.2. The van der Waals surface area contributed by atoms with E-state index in [0.29, 0.717) is 5.92 Å². The molecule has 0 aliphatic carbocycles. The first kappa shape index (κ1) is 21.1. The summed E-state index contributed by atoms with van der Waals surface area (Å²) < 4.78 is 2.09. The van der Waals surface area contributed by atoms with Crippen molar-refractivity contribution in [3.63, 3.8) is 0 Å². The molecule has 0 amide bonds. The monoisotopic (exact) mass is 449 g/mol. The SMILES string of the molecule is CCNC(=NCC1CCCN(C)C1)NCCn1cnnc1CC.I. The summed E-state index contributed by atoms with van der Waals surface area (Å²) >= 11 is 0. The van der Waals surface area contributed by atoms with Crippen LogP contribution >= 0.6 is 24.0 Å². The van der Waals surface area contributed by atoms with Crippen LogP contribution in [-0.2, 0) is 13.0 Å². The number of hydrogen-bond acceptors (Lipinski definition) is 4. The molecule has 0 saturated carbocycles. The van der Waals surface area contributed by atoms with E-state index in [-0.39, 0.29) is 24.0 Å². The van der Waals surface area contributed by atoms with Gasteiger partial charge in [-0.1, -0.05) is 6.92 Å². The number of nitrogens with one attached hydrogen (secondary N) is 2. The van der Waals surface area contributed by atoms with Crippen molar-refractivity contribution in [2.75, 3.05) is 39.8 Å². The number of guanidine groups is 1. The molecule has 2 N–H and O–H groups in total. The van der Waals surface area contributed by atoms with Crippen molar-refractivity contribution < 1.29 is 0 Å². The van der Waals surface area contributed by atoms with Gasteiger partial charge in [0.1, 0.15) is 12.2 Å². The second kappa shape index (κ2) is 11.6. The summed E-state index contributed by atoms with van der Waals surface area (Å²) in [6, 6.07) is 0. The zero-order chi connectivity index (χ0) is 16.5. The molecule has 1 aromatic heterocycles. The Balaban J connectivity index is 0.00000288. The van der Waals surface area contributed by atoms with Gasteiger partial charge in [0.05, 0.1) is 0 Å². The highest BCUT2D eigenvalue weighted by molar-refractivity contribution is 14.0. The minimum absolute atomic E-state index is 0. The molecule has 0 spiro atoms. The van der Waals surface area contributed by atoms with Crippen molar-refractivity contribution >= 4 is 29.9 Å². The molecule has 1 fully saturated rings. The third-order valence-corrected chi connectivity index (χ3v) is 4.23. The Kier molecular flexibility index (Phi) is 10.2. The summed E-state index contributed by atoms with van der Waals surface area (Å²) in [6.45, 7) is 10.0. The maximum Gasteiger partial charge on any atom is 0.191 e. The molecule has 8 heteroatoms. The largest absolute Gasteiger partial charge is 0.357 e. The van der Waals surface area contributed by atoms with Crippen LogP contribution in [0.3, 0.4) is 0 Å². The van der Waals surface area contributed by atoms with Crippen LogP contribution in [0.4, 0.5) is 0 Å². The molecule has 24 heavy (non-hydrogen) atoms. The number of hydrogen-bond donors (Lipinski definition) is 2. The first-order valence-corrected chi connectivity index (χ1v) is 8.80. The normalized spacial score (nSPS) is 19.0. The van der Waals surface area contributed by atoms with E-state index in [1.807, 2.05) is 0 Å². The molecule has 0 radical (unpaired) electrons. The van der Waals surface area contributed by atoms with E-state index in [1.165, 1.54) is 19.4 Å². The minimum Gasteiger partial charge on any atom is -0.357 e. The van der Waals surface area contributed by atoms with Crippen molar-refractivity contribution in [1.82, 2.24) is 30.3 Å². The van der Waals surface area contributed by atoms with Gasteiger partial charge in [0.2, 0.25) is 0 Å². The van der Waals surface area contributed by atoms with E-state index in [2.05, 4.69) is 51.2 Å². The maximum absolute atomic E-state index is 4.76. The quantitative estimate of drug-likeness (QED) is 0.374. The Hall–Kier alpha value is -0.900. The van der Waals surface area contributed by atoms with E-state index in [9.17, 15) is 0 Å². The van der Waals surface area contributed by atoms with E-state index in [1.54, 1.807) is 6.33 Å². The molecule has 0 aromatic carbocycles. The second-order valence-electron chi connectivity index (χ2n) is 6.21. The third kappa shape index (κ3) is 6.92. The molecule has 0 bridgehead atoms. The van der Waals surface area contributed by atoms with E-state index < -0.39 is 0 Å². The fourth-order valence-corrected chi connectivity index (χ4v) is 3.02. The fourth-order valence-electron chi connectivity index (χ4n) is 3.02. The van der Waals surface area contributed by atoms with Gasteiger partial charge in [0, 0.05) is 39.1 Å². The Bertz CT molecular complexity index is 489. The highest BCUT2D eigenvalue weighted by atomic mass is 127. The van der Waals surface area contributed by atoms with Gasteiger partial charge in [0.15, 0.2) is 5.96 Å². The molecule has 7 nitrogen and oxygen atoms in total. The van der Waals surface area contributed by atoms with Gasteiger partial charge in [0.25, 0.3) is 0 Å². The molecular formula is C16H32IN7. The lowest BCUT2D eigenvalue weighted by atomic mass is 9.99. The van der Waals surface area contributed by atoms with Gasteiger partial charge < -0.3 is 20.1 Å². The number of aryl methyl sites for hydroxylation is 1. The summed E-state index contributed by atoms with van der Waals surface area (Å²) in [4.78, 5) is 7.17. The first-order valence-electron chi connectivity index (χ1n) is 8.80. The van der Waals surface area contributed by atoms with E-state index >= 15 is 0 Å². The van der Waals surface area contributed by atoms with Crippen LogP contribution in [0.1, 0.15) is 32.5 Å². The molecule has 138 valence electrons. The molecular weight excluding hydrogens is 417 g/mol. The standard InChI is InChI=1S/C16H31N7.HI/c1-4-15-21-20-13-23(15)10-8-18-16(17-5-2)19-11-14-7-6-9-22(3)12-14;/h13-14H,4-12H2,1-3H3,(H2,17,18,19);1H. The van der Waals surface area contributed by atoms with Crippen molar-refractivity contribution in [2.45, 2.75) is 39.7 Å². The number of halogens is 1. The summed E-state index contributed by atoms with van der Waals surface area (Å²) in [5, 5.41) is 14.8. The van der Waals surface area contributed by atoms with Crippen LogP contribution < -0.4 is 10.6 Å². The lowest BCUT2D eigenvalue weighted by Crippen LogP contribution is -2.40. The van der Waals surface area contributed by atoms with Gasteiger partial charge in [-0.15, -0.1) is 34.2 Å². The highest BCUT2D eigenvalue weighted by Gasteiger charge is 2.16. The lowest BCUT2D eigenvalue weighted by Gasteiger charge is -2.28.